The highest BCUT2D eigenvalue weighted by Gasteiger charge is 2.29. The van der Waals surface area contributed by atoms with Crippen molar-refractivity contribution in [3.8, 4) is 5.75 Å². The summed E-state index contributed by atoms with van der Waals surface area (Å²) in [6.45, 7) is 5.97. The van der Waals surface area contributed by atoms with Gasteiger partial charge in [-0.1, -0.05) is 25.5 Å². The minimum absolute atomic E-state index is 0.146. The molecule has 1 aliphatic heterocycles. The molecule has 0 aromatic heterocycles. The first kappa shape index (κ1) is 13.7. The van der Waals surface area contributed by atoms with Crippen LogP contribution in [0.3, 0.4) is 0 Å². The topological polar surface area (TPSA) is 38.8 Å². The van der Waals surface area contributed by atoms with Crippen molar-refractivity contribution >= 4 is 6.09 Å². The van der Waals surface area contributed by atoms with Crippen LogP contribution >= 0.6 is 0 Å². The number of rotatable bonds is 6. The molecule has 1 amide bonds. The van der Waals surface area contributed by atoms with Gasteiger partial charge in [-0.05, 0) is 31.0 Å². The van der Waals surface area contributed by atoms with Gasteiger partial charge in [0, 0.05) is 6.54 Å². The number of unbranched alkanes of at least 4 members (excludes halogenated alkanes) is 1. The SMILES string of the molecule is CCCCOc1ccc(CN2C(=O)OCC2C)cc1. The van der Waals surface area contributed by atoms with E-state index in [9.17, 15) is 4.79 Å². The fourth-order valence-electron chi connectivity index (χ4n) is 1.99. The van der Waals surface area contributed by atoms with Crippen molar-refractivity contribution in [1.29, 1.82) is 0 Å². The Labute approximate surface area is 114 Å². The zero-order chi connectivity index (χ0) is 13.7. The monoisotopic (exact) mass is 263 g/mol. The molecule has 1 atom stereocenters. The van der Waals surface area contributed by atoms with E-state index in [1.54, 1.807) is 4.90 Å². The molecule has 1 aromatic carbocycles. The minimum atomic E-state index is -0.226. The molecule has 1 saturated heterocycles. The first-order chi connectivity index (χ1) is 9.20. The molecule has 1 aliphatic rings. The predicted molar refractivity (Wildman–Crippen MR) is 73.2 cm³/mol. The average molecular weight is 263 g/mol. The Hall–Kier alpha value is -1.71. The fourth-order valence-corrected chi connectivity index (χ4v) is 1.99. The summed E-state index contributed by atoms with van der Waals surface area (Å²) in [5, 5.41) is 0. The Morgan fingerprint density at radius 2 is 2.11 bits per heavy atom. The molecule has 1 heterocycles. The predicted octanol–water partition coefficient (Wildman–Crippen LogP) is 3.21. The Morgan fingerprint density at radius 1 is 1.37 bits per heavy atom. The van der Waals surface area contributed by atoms with E-state index in [1.807, 2.05) is 31.2 Å². The lowest BCUT2D eigenvalue weighted by molar-refractivity contribution is 0.156. The maximum absolute atomic E-state index is 11.5. The summed E-state index contributed by atoms with van der Waals surface area (Å²) in [5.41, 5.74) is 1.09. The molecular weight excluding hydrogens is 242 g/mol. The third kappa shape index (κ3) is 3.63. The van der Waals surface area contributed by atoms with E-state index in [4.69, 9.17) is 9.47 Å². The number of nitrogens with zero attached hydrogens (tertiary/aromatic N) is 1. The molecule has 0 radical (unpaired) electrons. The molecule has 0 bridgehead atoms. The highest BCUT2D eigenvalue weighted by Crippen LogP contribution is 2.18. The lowest BCUT2D eigenvalue weighted by Gasteiger charge is -2.18. The average Bonchev–Trinajstić information content (AvgIpc) is 2.73. The van der Waals surface area contributed by atoms with Crippen molar-refractivity contribution in [1.82, 2.24) is 4.90 Å². The molecule has 1 unspecified atom stereocenters. The van der Waals surface area contributed by atoms with Gasteiger partial charge in [0.05, 0.1) is 12.6 Å². The van der Waals surface area contributed by atoms with E-state index in [0.717, 1.165) is 30.8 Å². The molecule has 4 heteroatoms. The lowest BCUT2D eigenvalue weighted by atomic mass is 10.2. The van der Waals surface area contributed by atoms with Crippen LogP contribution < -0.4 is 4.74 Å². The lowest BCUT2D eigenvalue weighted by Crippen LogP contribution is -2.30. The molecule has 4 nitrogen and oxygen atoms in total. The Bertz CT molecular complexity index is 416. The Kier molecular flexibility index (Phi) is 4.66. The first-order valence-electron chi connectivity index (χ1n) is 6.86. The van der Waals surface area contributed by atoms with Crippen LogP contribution in [0.4, 0.5) is 4.79 Å². The van der Waals surface area contributed by atoms with Crippen LogP contribution in [0.15, 0.2) is 24.3 Å². The van der Waals surface area contributed by atoms with Crippen molar-refractivity contribution in [2.75, 3.05) is 13.2 Å². The zero-order valence-electron chi connectivity index (χ0n) is 11.6. The highest BCUT2D eigenvalue weighted by atomic mass is 16.6. The summed E-state index contributed by atoms with van der Waals surface area (Å²) < 4.78 is 10.6. The van der Waals surface area contributed by atoms with Crippen LogP contribution in [0.1, 0.15) is 32.3 Å². The van der Waals surface area contributed by atoms with Gasteiger partial charge >= 0.3 is 6.09 Å². The molecular formula is C15H21NO3. The summed E-state index contributed by atoms with van der Waals surface area (Å²) in [7, 11) is 0. The molecule has 0 N–H and O–H groups in total. The molecule has 104 valence electrons. The fraction of sp³-hybridized carbons (Fsp3) is 0.533. The standard InChI is InChI=1S/C15H21NO3/c1-3-4-9-18-14-7-5-13(6-8-14)10-16-12(2)11-19-15(16)17/h5-8,12H,3-4,9-11H2,1-2H3. The van der Waals surface area contributed by atoms with E-state index in [0.29, 0.717) is 13.2 Å². The molecule has 1 aromatic rings. The van der Waals surface area contributed by atoms with E-state index in [-0.39, 0.29) is 12.1 Å². The summed E-state index contributed by atoms with van der Waals surface area (Å²) in [6, 6.07) is 8.06. The second-order valence-electron chi connectivity index (χ2n) is 4.90. The normalized spacial score (nSPS) is 18.5. The van der Waals surface area contributed by atoms with Crippen molar-refractivity contribution in [3.05, 3.63) is 29.8 Å². The number of hydrogen-bond donors (Lipinski definition) is 0. The van der Waals surface area contributed by atoms with Gasteiger partial charge in [0.2, 0.25) is 0 Å². The van der Waals surface area contributed by atoms with Gasteiger partial charge in [0.25, 0.3) is 0 Å². The molecule has 0 aliphatic carbocycles. The smallest absolute Gasteiger partial charge is 0.410 e. The molecule has 2 rings (SSSR count). The third-order valence-corrected chi connectivity index (χ3v) is 3.26. The van der Waals surface area contributed by atoms with E-state index in [2.05, 4.69) is 6.92 Å². The van der Waals surface area contributed by atoms with E-state index >= 15 is 0 Å². The van der Waals surface area contributed by atoms with Gasteiger partial charge in [-0.15, -0.1) is 0 Å². The number of benzene rings is 1. The number of hydrogen-bond acceptors (Lipinski definition) is 3. The van der Waals surface area contributed by atoms with Crippen molar-refractivity contribution in [2.24, 2.45) is 0 Å². The number of carbonyl (C=O) groups excluding carboxylic acids is 1. The van der Waals surface area contributed by atoms with Gasteiger partial charge in [0.1, 0.15) is 12.4 Å². The maximum Gasteiger partial charge on any atom is 0.410 e. The Balaban J connectivity index is 1.89. The third-order valence-electron chi connectivity index (χ3n) is 3.26. The quantitative estimate of drug-likeness (QED) is 0.740. The summed E-state index contributed by atoms with van der Waals surface area (Å²) in [6.07, 6.45) is 1.97. The van der Waals surface area contributed by atoms with Crippen molar-refractivity contribution in [3.63, 3.8) is 0 Å². The maximum atomic E-state index is 11.5. The zero-order valence-corrected chi connectivity index (χ0v) is 11.6. The molecule has 1 fully saturated rings. The second kappa shape index (κ2) is 6.45. The van der Waals surface area contributed by atoms with E-state index < -0.39 is 0 Å². The largest absolute Gasteiger partial charge is 0.494 e. The minimum Gasteiger partial charge on any atom is -0.494 e. The van der Waals surface area contributed by atoms with Gasteiger partial charge < -0.3 is 9.47 Å². The van der Waals surface area contributed by atoms with Crippen molar-refractivity contribution < 1.29 is 14.3 Å². The summed E-state index contributed by atoms with van der Waals surface area (Å²) >= 11 is 0. The number of amides is 1. The van der Waals surface area contributed by atoms with E-state index in [1.165, 1.54) is 0 Å². The van der Waals surface area contributed by atoms with Crippen molar-refractivity contribution in [2.45, 2.75) is 39.3 Å². The van der Waals surface area contributed by atoms with Gasteiger partial charge in [-0.2, -0.15) is 0 Å². The van der Waals surface area contributed by atoms with Crippen LogP contribution in [0.25, 0.3) is 0 Å². The van der Waals surface area contributed by atoms with Crippen LogP contribution in [0.2, 0.25) is 0 Å². The van der Waals surface area contributed by atoms with Gasteiger partial charge in [-0.25, -0.2) is 4.79 Å². The van der Waals surface area contributed by atoms with Gasteiger partial charge in [0.15, 0.2) is 0 Å². The number of cyclic esters (lactones) is 1. The van der Waals surface area contributed by atoms with Gasteiger partial charge in [-0.3, -0.25) is 4.90 Å². The first-order valence-corrected chi connectivity index (χ1v) is 6.86. The summed E-state index contributed by atoms with van der Waals surface area (Å²) in [4.78, 5) is 13.3. The number of ether oxygens (including phenoxy) is 2. The molecule has 0 spiro atoms. The molecule has 0 saturated carbocycles. The Morgan fingerprint density at radius 3 is 2.68 bits per heavy atom. The van der Waals surface area contributed by atoms with Crippen LogP contribution in [0, 0.1) is 0 Å². The highest BCUT2D eigenvalue weighted by molar-refractivity contribution is 5.70. The van der Waals surface area contributed by atoms with Crippen LogP contribution in [-0.4, -0.2) is 30.2 Å². The second-order valence-corrected chi connectivity index (χ2v) is 4.90. The van der Waals surface area contributed by atoms with Crippen LogP contribution in [-0.2, 0) is 11.3 Å². The summed E-state index contributed by atoms with van der Waals surface area (Å²) in [5.74, 6) is 0.884. The van der Waals surface area contributed by atoms with Crippen LogP contribution in [0.5, 0.6) is 5.75 Å². The number of carbonyl (C=O) groups is 1. The molecule has 19 heavy (non-hydrogen) atoms.